The van der Waals surface area contributed by atoms with E-state index in [9.17, 15) is 4.79 Å². The molecule has 2 heterocycles. The first kappa shape index (κ1) is 16.9. The summed E-state index contributed by atoms with van der Waals surface area (Å²) in [6, 6.07) is 5.88. The summed E-state index contributed by atoms with van der Waals surface area (Å²) >= 11 is 7.47. The van der Waals surface area contributed by atoms with Crippen molar-refractivity contribution in [2.45, 2.75) is 44.6 Å². The van der Waals surface area contributed by atoms with E-state index in [1.807, 2.05) is 17.5 Å². The van der Waals surface area contributed by atoms with Crippen molar-refractivity contribution in [3.05, 3.63) is 34.3 Å². The predicted octanol–water partition coefficient (Wildman–Crippen LogP) is 4.84. The molecule has 0 spiro atoms. The predicted molar refractivity (Wildman–Crippen MR) is 103 cm³/mol. The van der Waals surface area contributed by atoms with Crippen molar-refractivity contribution in [2.24, 2.45) is 5.92 Å². The number of piperidine rings is 1. The number of likely N-dealkylation sites (tertiary alicyclic amines) is 1. The van der Waals surface area contributed by atoms with Gasteiger partial charge in [-0.1, -0.05) is 30.5 Å². The number of rotatable bonds is 2. The summed E-state index contributed by atoms with van der Waals surface area (Å²) in [5.41, 5.74) is 7.87. The summed E-state index contributed by atoms with van der Waals surface area (Å²) < 4.78 is 0. The lowest BCUT2D eigenvalue weighted by Gasteiger charge is -2.43. The van der Waals surface area contributed by atoms with Crippen LogP contribution in [0.25, 0.3) is 10.6 Å². The molecular weight excluding hydrogens is 354 g/mol. The van der Waals surface area contributed by atoms with Crippen LogP contribution in [0.5, 0.6) is 0 Å². The summed E-state index contributed by atoms with van der Waals surface area (Å²) in [5, 5.41) is 3.21. The van der Waals surface area contributed by atoms with Gasteiger partial charge < -0.3 is 10.6 Å². The molecule has 1 aromatic carbocycles. The molecule has 4 rings (SSSR count). The molecule has 2 fully saturated rings. The molecule has 1 saturated carbocycles. The summed E-state index contributed by atoms with van der Waals surface area (Å²) in [5.74, 6) is 0.765. The minimum Gasteiger partial charge on any atom is -0.398 e. The number of amides is 1. The van der Waals surface area contributed by atoms with Gasteiger partial charge in [-0.3, -0.25) is 4.79 Å². The third-order valence-electron chi connectivity index (χ3n) is 5.47. The minimum atomic E-state index is 0.0843. The van der Waals surface area contributed by atoms with Crippen molar-refractivity contribution in [2.75, 3.05) is 12.3 Å². The van der Waals surface area contributed by atoms with Crippen LogP contribution in [0.1, 0.15) is 49.0 Å². The topological polar surface area (TPSA) is 59.2 Å². The van der Waals surface area contributed by atoms with E-state index in [1.54, 1.807) is 6.07 Å². The van der Waals surface area contributed by atoms with Crippen LogP contribution in [0, 0.1) is 5.92 Å². The number of nitrogen functional groups attached to an aromatic ring is 1. The molecule has 2 atom stereocenters. The highest BCUT2D eigenvalue weighted by molar-refractivity contribution is 7.13. The second-order valence-electron chi connectivity index (χ2n) is 7.03. The number of anilines is 1. The van der Waals surface area contributed by atoms with Gasteiger partial charge in [0.05, 0.1) is 10.7 Å². The standard InChI is InChI=1S/C19H22ClN3OS/c20-14-8-7-13(10-15(14)21)18-22-16(11-25-18)19(24)23-9-3-5-12-4-1-2-6-17(12)23/h7-8,10-12,17H,1-6,9,21H2. The van der Waals surface area contributed by atoms with E-state index in [-0.39, 0.29) is 5.91 Å². The van der Waals surface area contributed by atoms with Gasteiger partial charge in [0, 0.05) is 23.5 Å². The first-order valence-electron chi connectivity index (χ1n) is 8.95. The van der Waals surface area contributed by atoms with Crippen LogP contribution in [0.15, 0.2) is 23.6 Å². The molecule has 1 aromatic heterocycles. The number of thiazole rings is 1. The van der Waals surface area contributed by atoms with E-state index in [0.29, 0.717) is 28.4 Å². The van der Waals surface area contributed by atoms with Crippen LogP contribution >= 0.6 is 22.9 Å². The molecule has 4 nitrogen and oxygen atoms in total. The Bertz CT molecular complexity index is 789. The molecule has 1 amide bonds. The van der Waals surface area contributed by atoms with E-state index < -0.39 is 0 Å². The maximum Gasteiger partial charge on any atom is 0.273 e. The normalized spacial score (nSPS) is 23.3. The lowest BCUT2D eigenvalue weighted by Crippen LogP contribution is -2.49. The van der Waals surface area contributed by atoms with Gasteiger partial charge in [-0.2, -0.15) is 0 Å². The number of nitrogens with zero attached hydrogens (tertiary/aromatic N) is 2. The van der Waals surface area contributed by atoms with Gasteiger partial charge in [-0.05, 0) is 43.7 Å². The van der Waals surface area contributed by atoms with Crippen molar-refractivity contribution in [3.63, 3.8) is 0 Å². The molecule has 2 N–H and O–H groups in total. The molecule has 2 aliphatic rings. The maximum atomic E-state index is 13.0. The largest absolute Gasteiger partial charge is 0.398 e. The van der Waals surface area contributed by atoms with E-state index in [2.05, 4.69) is 9.88 Å². The number of carbonyl (C=O) groups is 1. The number of nitrogens with two attached hydrogens (primary N) is 1. The van der Waals surface area contributed by atoms with Gasteiger partial charge in [0.25, 0.3) is 5.91 Å². The Morgan fingerprint density at radius 1 is 1.24 bits per heavy atom. The summed E-state index contributed by atoms with van der Waals surface area (Å²) in [7, 11) is 0. The van der Waals surface area contributed by atoms with Crippen molar-refractivity contribution in [1.82, 2.24) is 9.88 Å². The van der Waals surface area contributed by atoms with E-state index in [4.69, 9.17) is 17.3 Å². The molecule has 1 saturated heterocycles. The molecular formula is C19H22ClN3OS. The molecule has 6 heteroatoms. The zero-order chi connectivity index (χ0) is 17.4. The van der Waals surface area contributed by atoms with Gasteiger partial charge in [0.2, 0.25) is 0 Å². The van der Waals surface area contributed by atoms with E-state index in [0.717, 1.165) is 30.0 Å². The van der Waals surface area contributed by atoms with Crippen LogP contribution in [-0.4, -0.2) is 28.4 Å². The Balaban J connectivity index is 1.56. The first-order chi connectivity index (χ1) is 12.1. The number of fused-ring (bicyclic) bond motifs is 1. The second-order valence-corrected chi connectivity index (χ2v) is 8.29. The molecule has 2 unspecified atom stereocenters. The number of hydrogen-bond donors (Lipinski definition) is 1. The highest BCUT2D eigenvalue weighted by Crippen LogP contribution is 2.36. The van der Waals surface area contributed by atoms with Crippen LogP contribution in [0.2, 0.25) is 5.02 Å². The van der Waals surface area contributed by atoms with Gasteiger partial charge in [0.1, 0.15) is 10.7 Å². The Morgan fingerprint density at radius 3 is 2.88 bits per heavy atom. The van der Waals surface area contributed by atoms with Crippen molar-refractivity contribution >= 4 is 34.5 Å². The summed E-state index contributed by atoms with van der Waals surface area (Å²) in [6.07, 6.45) is 7.32. The fourth-order valence-electron chi connectivity index (χ4n) is 4.21. The van der Waals surface area contributed by atoms with Crippen LogP contribution < -0.4 is 5.73 Å². The van der Waals surface area contributed by atoms with Crippen molar-refractivity contribution in [3.8, 4) is 10.6 Å². The number of hydrogen-bond acceptors (Lipinski definition) is 4. The molecule has 0 radical (unpaired) electrons. The third kappa shape index (κ3) is 3.27. The molecule has 132 valence electrons. The van der Waals surface area contributed by atoms with E-state index in [1.165, 1.54) is 37.0 Å². The molecule has 1 aliphatic carbocycles. The lowest BCUT2D eigenvalue weighted by atomic mass is 9.78. The van der Waals surface area contributed by atoms with Gasteiger partial charge in [-0.15, -0.1) is 11.3 Å². The molecule has 25 heavy (non-hydrogen) atoms. The quantitative estimate of drug-likeness (QED) is 0.764. The number of aromatic nitrogens is 1. The highest BCUT2D eigenvalue weighted by atomic mass is 35.5. The summed E-state index contributed by atoms with van der Waals surface area (Å²) in [6.45, 7) is 0.862. The fraction of sp³-hybridized carbons (Fsp3) is 0.474. The smallest absolute Gasteiger partial charge is 0.273 e. The first-order valence-corrected chi connectivity index (χ1v) is 10.2. The Morgan fingerprint density at radius 2 is 2.04 bits per heavy atom. The Kier molecular flexibility index (Phi) is 4.69. The van der Waals surface area contributed by atoms with Crippen LogP contribution in [0.4, 0.5) is 5.69 Å². The van der Waals surface area contributed by atoms with Gasteiger partial charge in [0.15, 0.2) is 0 Å². The zero-order valence-electron chi connectivity index (χ0n) is 14.1. The van der Waals surface area contributed by atoms with E-state index >= 15 is 0 Å². The molecule has 2 aromatic rings. The maximum absolute atomic E-state index is 13.0. The SMILES string of the molecule is Nc1cc(-c2nc(C(=O)N3CCCC4CCCCC43)cs2)ccc1Cl. The summed E-state index contributed by atoms with van der Waals surface area (Å²) in [4.78, 5) is 19.7. The third-order valence-corrected chi connectivity index (χ3v) is 6.71. The number of carbonyl (C=O) groups excluding carboxylic acids is 1. The van der Waals surface area contributed by atoms with Crippen LogP contribution in [-0.2, 0) is 0 Å². The number of benzene rings is 1. The zero-order valence-corrected chi connectivity index (χ0v) is 15.7. The Labute approximate surface area is 157 Å². The monoisotopic (exact) mass is 375 g/mol. The lowest BCUT2D eigenvalue weighted by molar-refractivity contribution is 0.0386. The minimum absolute atomic E-state index is 0.0843. The molecule has 1 aliphatic heterocycles. The van der Waals surface area contributed by atoms with Crippen molar-refractivity contribution in [1.29, 1.82) is 0 Å². The van der Waals surface area contributed by atoms with Gasteiger partial charge in [-0.25, -0.2) is 4.98 Å². The highest BCUT2D eigenvalue weighted by Gasteiger charge is 2.36. The average Bonchev–Trinajstić information content (AvgIpc) is 3.13. The van der Waals surface area contributed by atoms with Gasteiger partial charge >= 0.3 is 0 Å². The fourth-order valence-corrected chi connectivity index (χ4v) is 5.11. The second kappa shape index (κ2) is 6.96. The number of halogens is 1. The Hall–Kier alpha value is -1.59. The van der Waals surface area contributed by atoms with Crippen molar-refractivity contribution < 1.29 is 4.79 Å². The average molecular weight is 376 g/mol. The van der Waals surface area contributed by atoms with Crippen LogP contribution in [0.3, 0.4) is 0 Å². The molecule has 0 bridgehead atoms.